The lowest BCUT2D eigenvalue weighted by Gasteiger charge is -2.51. The third kappa shape index (κ3) is 5.73. The van der Waals surface area contributed by atoms with Crippen LogP contribution < -0.4 is 0 Å². The highest BCUT2D eigenvalue weighted by atomic mass is 16.7. The molecule has 2 aliphatic carbocycles. The second kappa shape index (κ2) is 14.5. The second-order valence-electron chi connectivity index (χ2n) is 15.7. The molecule has 18 heteroatoms. The maximum Gasteiger partial charge on any atom is 0.201 e. The molecule has 12 atom stereocenters. The van der Waals surface area contributed by atoms with Crippen LogP contribution in [-0.4, -0.2) is 152 Å². The number of carbonyl (C=O) groups is 2. The van der Waals surface area contributed by atoms with Gasteiger partial charge in [-0.2, -0.15) is 0 Å². The molecule has 8 rings (SSSR count). The van der Waals surface area contributed by atoms with Crippen LogP contribution in [0.2, 0.25) is 0 Å². The molecule has 2 aliphatic heterocycles. The van der Waals surface area contributed by atoms with E-state index < -0.39 is 154 Å². The molecule has 2 heterocycles. The molecule has 0 saturated carbocycles. The normalized spacial score (nSPS) is 33.5. The Bertz CT molecular complexity index is 2430. The lowest BCUT2D eigenvalue weighted by Crippen LogP contribution is -2.67. The fourth-order valence-corrected chi connectivity index (χ4v) is 9.18. The first kappa shape index (κ1) is 41.7. The number of hydrogen-bond acceptors (Lipinski definition) is 18. The summed E-state index contributed by atoms with van der Waals surface area (Å²) in [5.74, 6) is -4.78. The monoisotopic (exact) mass is 834 g/mol. The third-order valence-corrected chi connectivity index (χ3v) is 12.1. The van der Waals surface area contributed by atoms with Gasteiger partial charge in [-0.15, -0.1) is 0 Å². The number of fused-ring (bicyclic) bond motifs is 4. The van der Waals surface area contributed by atoms with Gasteiger partial charge in [-0.1, -0.05) is 36.4 Å². The minimum Gasteiger partial charge on any atom is -0.507 e. The van der Waals surface area contributed by atoms with E-state index in [1.807, 2.05) is 0 Å². The minimum atomic E-state index is -2.81. The van der Waals surface area contributed by atoms with Crippen molar-refractivity contribution in [2.75, 3.05) is 13.2 Å². The molecule has 60 heavy (non-hydrogen) atoms. The van der Waals surface area contributed by atoms with Gasteiger partial charge in [0.25, 0.3) is 0 Å². The number of benzene rings is 4. The molecule has 0 radical (unpaired) electrons. The number of aliphatic hydroxyl groups is 9. The van der Waals surface area contributed by atoms with Gasteiger partial charge in [-0.05, 0) is 43.2 Å². The van der Waals surface area contributed by atoms with Crippen LogP contribution in [-0.2, 0) is 25.4 Å². The van der Waals surface area contributed by atoms with Crippen molar-refractivity contribution in [3.63, 3.8) is 0 Å². The summed E-state index contributed by atoms with van der Waals surface area (Å²) in [5, 5.41) is 146. The maximum absolute atomic E-state index is 14.6. The molecule has 0 aromatic heterocycles. The SMILES string of the molecule is Cc1cc(O)c2c(c1)C(O)(c1ccc3c(c1O)C(=O)c1c(O)cc(C)cc1C3(O)C1OC(CO)C(OC3OC(CO)C(O)C(O)C3O)C(O)C1O)c1cccc(O)c1C2=O. The molecule has 0 bridgehead atoms. The molecule has 18 nitrogen and oxygen atoms in total. The van der Waals surface area contributed by atoms with E-state index in [4.69, 9.17) is 14.2 Å². The van der Waals surface area contributed by atoms with Gasteiger partial charge in [-0.25, -0.2) is 0 Å². The zero-order valence-corrected chi connectivity index (χ0v) is 31.7. The number of phenols is 4. The van der Waals surface area contributed by atoms with Crippen molar-refractivity contribution in [2.24, 2.45) is 0 Å². The highest BCUT2D eigenvalue weighted by Gasteiger charge is 2.60. The highest BCUT2D eigenvalue weighted by molar-refractivity contribution is 6.18. The predicted molar refractivity (Wildman–Crippen MR) is 200 cm³/mol. The number of carbonyl (C=O) groups excluding carboxylic acids is 2. The third-order valence-electron chi connectivity index (χ3n) is 12.1. The first-order valence-corrected chi connectivity index (χ1v) is 18.8. The van der Waals surface area contributed by atoms with Crippen LogP contribution in [0.25, 0.3) is 0 Å². The summed E-state index contributed by atoms with van der Waals surface area (Å²) < 4.78 is 17.2. The number of hydrogen-bond donors (Lipinski definition) is 13. The van der Waals surface area contributed by atoms with Gasteiger partial charge in [0.15, 0.2) is 6.29 Å². The number of phenolic OH excluding ortho intramolecular Hbond substituents is 4. The summed E-state index contributed by atoms with van der Waals surface area (Å²) in [6, 6.07) is 11.1. The number of rotatable bonds is 6. The van der Waals surface area contributed by atoms with Crippen molar-refractivity contribution in [1.82, 2.24) is 0 Å². The van der Waals surface area contributed by atoms with E-state index in [-0.39, 0.29) is 16.7 Å². The zero-order chi connectivity index (χ0) is 43.5. The molecule has 12 unspecified atom stereocenters. The Kier molecular flexibility index (Phi) is 10.1. The summed E-state index contributed by atoms with van der Waals surface area (Å²) in [7, 11) is 0. The van der Waals surface area contributed by atoms with E-state index >= 15 is 0 Å². The van der Waals surface area contributed by atoms with Crippen LogP contribution in [0.3, 0.4) is 0 Å². The van der Waals surface area contributed by atoms with Crippen LogP contribution in [0.5, 0.6) is 23.0 Å². The van der Waals surface area contributed by atoms with Crippen molar-refractivity contribution in [1.29, 1.82) is 0 Å². The molecule has 0 amide bonds. The Morgan fingerprint density at radius 3 is 1.78 bits per heavy atom. The second-order valence-corrected chi connectivity index (χ2v) is 15.7. The number of ether oxygens (including phenoxy) is 3. The first-order chi connectivity index (χ1) is 28.3. The Balaban J connectivity index is 1.30. The highest BCUT2D eigenvalue weighted by Crippen LogP contribution is 2.56. The summed E-state index contributed by atoms with van der Waals surface area (Å²) in [5.41, 5.74) is -8.73. The van der Waals surface area contributed by atoms with Crippen molar-refractivity contribution in [3.8, 4) is 23.0 Å². The van der Waals surface area contributed by atoms with E-state index in [0.717, 1.165) is 12.1 Å². The van der Waals surface area contributed by atoms with Crippen LogP contribution in [0.15, 0.2) is 54.6 Å². The molecule has 2 fully saturated rings. The van der Waals surface area contributed by atoms with Crippen LogP contribution in [0, 0.1) is 13.8 Å². The predicted octanol–water partition coefficient (Wildman–Crippen LogP) is -1.60. The van der Waals surface area contributed by atoms with Gasteiger partial charge in [0.05, 0.1) is 35.5 Å². The van der Waals surface area contributed by atoms with E-state index in [1.54, 1.807) is 6.92 Å². The first-order valence-electron chi connectivity index (χ1n) is 18.8. The molecular formula is C42H42O18. The van der Waals surface area contributed by atoms with Gasteiger partial charge >= 0.3 is 0 Å². The van der Waals surface area contributed by atoms with E-state index in [9.17, 15) is 76.0 Å². The quantitative estimate of drug-likeness (QED) is 0.104. The Morgan fingerprint density at radius 2 is 1.15 bits per heavy atom. The lowest BCUT2D eigenvalue weighted by molar-refractivity contribution is -0.348. The smallest absolute Gasteiger partial charge is 0.201 e. The Morgan fingerprint density at radius 1 is 0.583 bits per heavy atom. The fraction of sp³-hybridized carbons (Fsp3) is 0.381. The molecule has 13 N–H and O–H groups in total. The van der Waals surface area contributed by atoms with Crippen molar-refractivity contribution in [2.45, 2.75) is 86.3 Å². The molecule has 4 aromatic carbocycles. The van der Waals surface area contributed by atoms with E-state index in [0.29, 0.717) is 11.1 Å². The van der Waals surface area contributed by atoms with Crippen LogP contribution in [0.1, 0.15) is 70.8 Å². The largest absolute Gasteiger partial charge is 0.507 e. The number of aliphatic hydroxyl groups excluding tert-OH is 7. The van der Waals surface area contributed by atoms with Gasteiger partial charge in [0.1, 0.15) is 89.1 Å². The van der Waals surface area contributed by atoms with Gasteiger partial charge in [-0.3, -0.25) is 9.59 Å². The Labute approximate surface area is 339 Å². The topological polar surface area (TPSA) is 325 Å². The average molecular weight is 835 g/mol. The Hall–Kier alpha value is -5.06. The average Bonchev–Trinajstić information content (AvgIpc) is 3.20. The summed E-state index contributed by atoms with van der Waals surface area (Å²) >= 11 is 0. The van der Waals surface area contributed by atoms with Crippen molar-refractivity contribution < 1.29 is 90.2 Å². The van der Waals surface area contributed by atoms with Gasteiger partial charge in [0, 0.05) is 27.8 Å². The number of ketones is 2. The number of aryl methyl sites for hydroxylation is 2. The molecule has 318 valence electrons. The standard InChI is InChI=1S/C42H42O18/c1-14-8-19-27(22(46)10-14)32(50)26-16(4-3-5-21(26)45)41(19,56)18-7-6-17-29(30(18)48)33(51)28-20(9-15(2)11-23(28)47)42(17,57)39-36(54)35(53)38(25(13-44)58-39)60-40-37(55)34(52)31(49)24(12-43)59-40/h3-11,24-25,31,34-40,43-49,52-57H,12-13H2,1-2H3. The molecular weight excluding hydrogens is 792 g/mol. The molecule has 4 aromatic rings. The summed E-state index contributed by atoms with van der Waals surface area (Å²) in [6.07, 6.45) is -18.9. The van der Waals surface area contributed by atoms with Gasteiger partial charge < -0.3 is 80.6 Å². The summed E-state index contributed by atoms with van der Waals surface area (Å²) in [4.78, 5) is 28.4. The lowest BCUT2D eigenvalue weighted by atomic mass is 9.65. The molecule has 4 aliphatic rings. The van der Waals surface area contributed by atoms with Crippen LogP contribution >= 0.6 is 0 Å². The fourth-order valence-electron chi connectivity index (χ4n) is 9.18. The summed E-state index contributed by atoms with van der Waals surface area (Å²) in [6.45, 7) is 1.25. The van der Waals surface area contributed by atoms with E-state index in [1.165, 1.54) is 49.4 Å². The van der Waals surface area contributed by atoms with Gasteiger partial charge in [0.2, 0.25) is 11.6 Å². The molecule has 2 saturated heterocycles. The zero-order valence-electron chi connectivity index (χ0n) is 31.7. The van der Waals surface area contributed by atoms with Crippen molar-refractivity contribution in [3.05, 3.63) is 116 Å². The van der Waals surface area contributed by atoms with Crippen molar-refractivity contribution >= 4 is 11.6 Å². The maximum atomic E-state index is 14.6. The number of aromatic hydroxyl groups is 4. The molecule has 0 spiro atoms. The minimum absolute atomic E-state index is 0.235. The van der Waals surface area contributed by atoms with E-state index in [2.05, 4.69) is 0 Å². The van der Waals surface area contributed by atoms with Crippen LogP contribution in [0.4, 0.5) is 0 Å².